The van der Waals surface area contributed by atoms with Crippen LogP contribution < -0.4 is 15.0 Å². The zero-order valence-electron chi connectivity index (χ0n) is 19.6. The van der Waals surface area contributed by atoms with Gasteiger partial charge in [0, 0.05) is 35.4 Å². The second-order valence-corrected chi connectivity index (χ2v) is 9.57. The van der Waals surface area contributed by atoms with Crippen LogP contribution in [0.4, 0.5) is 5.69 Å². The van der Waals surface area contributed by atoms with Crippen LogP contribution in [0.5, 0.6) is 5.75 Å². The fourth-order valence-corrected chi connectivity index (χ4v) is 6.06. The summed E-state index contributed by atoms with van der Waals surface area (Å²) in [5.41, 5.74) is 6.00. The first kappa shape index (κ1) is 22.0. The first-order valence-corrected chi connectivity index (χ1v) is 12.3. The highest BCUT2D eigenvalue weighted by atomic mass is 32.1. The Labute approximate surface area is 201 Å². The lowest BCUT2D eigenvalue weighted by Gasteiger charge is -2.30. The lowest BCUT2D eigenvalue weighted by atomic mass is 9.94. The van der Waals surface area contributed by atoms with E-state index in [9.17, 15) is 0 Å². The Morgan fingerprint density at radius 1 is 1.03 bits per heavy atom. The number of benzene rings is 1. The number of aryl methyl sites for hydroxylation is 1. The van der Waals surface area contributed by atoms with Crippen LogP contribution in [0.1, 0.15) is 72.9 Å². The average molecular weight is 461 g/mol. The number of methoxy groups -OCH3 is 1. The molecule has 1 aliphatic heterocycles. The molecular formula is C27H32N4OS. The molecule has 0 amide bonds. The molecule has 5 rings (SSSR count). The van der Waals surface area contributed by atoms with E-state index in [2.05, 4.69) is 52.9 Å². The van der Waals surface area contributed by atoms with E-state index in [1.165, 1.54) is 49.1 Å². The van der Waals surface area contributed by atoms with Gasteiger partial charge in [-0.25, -0.2) is 0 Å². The topological polar surface area (TPSA) is 42.3 Å². The molecule has 2 aromatic heterocycles. The summed E-state index contributed by atoms with van der Waals surface area (Å²) in [6.07, 6.45) is 8.38. The van der Waals surface area contributed by atoms with Gasteiger partial charge in [-0.05, 0) is 74.8 Å². The largest absolute Gasteiger partial charge is 0.497 e. The van der Waals surface area contributed by atoms with E-state index >= 15 is 0 Å². The van der Waals surface area contributed by atoms with E-state index < -0.39 is 0 Å². The lowest BCUT2D eigenvalue weighted by molar-refractivity contribution is 0.345. The number of anilines is 1. The third-order valence-corrected chi connectivity index (χ3v) is 7.53. The van der Waals surface area contributed by atoms with Crippen molar-refractivity contribution in [3.63, 3.8) is 0 Å². The summed E-state index contributed by atoms with van der Waals surface area (Å²) in [4.78, 5) is 6.94. The minimum atomic E-state index is -0.0368. The highest BCUT2D eigenvalue weighted by Gasteiger charge is 2.42. The molecule has 1 aromatic carbocycles. The normalized spacial score (nSPS) is 21.3. The summed E-state index contributed by atoms with van der Waals surface area (Å²) in [7, 11) is 1.70. The number of hydrogen-bond donors (Lipinski definition) is 1. The number of ether oxygens (including phenoxy) is 1. The molecule has 2 aliphatic rings. The Balaban J connectivity index is 1.63. The highest BCUT2D eigenvalue weighted by molar-refractivity contribution is 7.80. The van der Waals surface area contributed by atoms with Gasteiger partial charge in [-0.3, -0.25) is 4.98 Å². The Morgan fingerprint density at radius 3 is 2.58 bits per heavy atom. The second-order valence-electron chi connectivity index (χ2n) is 9.19. The monoisotopic (exact) mass is 460 g/mol. The quantitative estimate of drug-likeness (QED) is 0.460. The molecule has 0 unspecified atom stereocenters. The van der Waals surface area contributed by atoms with Gasteiger partial charge in [0.2, 0.25) is 0 Å². The first-order chi connectivity index (χ1) is 16.1. The highest BCUT2D eigenvalue weighted by Crippen LogP contribution is 2.45. The summed E-state index contributed by atoms with van der Waals surface area (Å²) in [5.74, 6) is 0.822. The van der Waals surface area contributed by atoms with Crippen LogP contribution in [0.3, 0.4) is 0 Å². The predicted molar refractivity (Wildman–Crippen MR) is 137 cm³/mol. The second kappa shape index (κ2) is 9.18. The van der Waals surface area contributed by atoms with Gasteiger partial charge in [0.05, 0.1) is 24.9 Å². The number of thiocarbonyl (C=S) groups is 1. The van der Waals surface area contributed by atoms with E-state index in [4.69, 9.17) is 21.9 Å². The number of rotatable bonds is 5. The van der Waals surface area contributed by atoms with Gasteiger partial charge in [0.25, 0.3) is 0 Å². The van der Waals surface area contributed by atoms with Crippen LogP contribution in [0, 0.1) is 13.8 Å². The van der Waals surface area contributed by atoms with Gasteiger partial charge in [0.15, 0.2) is 5.11 Å². The molecule has 1 saturated heterocycles. The molecule has 2 atom stereocenters. The van der Waals surface area contributed by atoms with E-state index in [1.54, 1.807) is 7.11 Å². The van der Waals surface area contributed by atoms with Crippen LogP contribution in [0.25, 0.3) is 0 Å². The fraction of sp³-hybridized carbons (Fsp3) is 0.407. The molecule has 3 aromatic rings. The first-order valence-electron chi connectivity index (χ1n) is 11.9. The van der Waals surface area contributed by atoms with Crippen LogP contribution in [0.2, 0.25) is 0 Å². The van der Waals surface area contributed by atoms with Crippen molar-refractivity contribution in [3.05, 3.63) is 77.4 Å². The molecule has 6 heteroatoms. The lowest BCUT2D eigenvalue weighted by Crippen LogP contribution is -2.29. The van der Waals surface area contributed by atoms with E-state index in [1.807, 2.05) is 30.5 Å². The Hall–Kier alpha value is -2.86. The number of aromatic nitrogens is 2. The van der Waals surface area contributed by atoms with Gasteiger partial charge in [-0.2, -0.15) is 0 Å². The molecule has 172 valence electrons. The van der Waals surface area contributed by atoms with Crippen molar-refractivity contribution >= 4 is 23.0 Å². The molecule has 3 heterocycles. The van der Waals surface area contributed by atoms with E-state index in [0.717, 1.165) is 17.1 Å². The van der Waals surface area contributed by atoms with Crippen molar-refractivity contribution in [2.45, 2.75) is 64.1 Å². The molecule has 1 N–H and O–H groups in total. The predicted octanol–water partition coefficient (Wildman–Crippen LogP) is 6.19. The molecule has 0 radical (unpaired) electrons. The molecular weight excluding hydrogens is 428 g/mol. The van der Waals surface area contributed by atoms with Crippen LogP contribution >= 0.6 is 12.2 Å². The van der Waals surface area contributed by atoms with Crippen LogP contribution in [0.15, 0.2) is 54.7 Å². The maximum Gasteiger partial charge on any atom is 0.174 e. The smallest absolute Gasteiger partial charge is 0.174 e. The van der Waals surface area contributed by atoms with Crippen LogP contribution in [-0.2, 0) is 0 Å². The average Bonchev–Trinajstić information content (AvgIpc) is 3.35. The van der Waals surface area contributed by atoms with Crippen molar-refractivity contribution < 1.29 is 4.74 Å². The molecule has 0 bridgehead atoms. The van der Waals surface area contributed by atoms with Crippen LogP contribution in [-0.4, -0.2) is 21.8 Å². The van der Waals surface area contributed by atoms with Gasteiger partial charge in [0.1, 0.15) is 5.75 Å². The SMILES string of the molecule is COc1cccc(N2C(=S)N[C@H](c3ccccn3)[C@H]2c2cc(C)n(C3CCCCC3)c2C)c1. The van der Waals surface area contributed by atoms with Crippen molar-refractivity contribution in [2.24, 2.45) is 0 Å². The zero-order chi connectivity index (χ0) is 22.9. The molecule has 5 nitrogen and oxygen atoms in total. The summed E-state index contributed by atoms with van der Waals surface area (Å²) in [6, 6.07) is 17.2. The Morgan fingerprint density at radius 2 is 1.85 bits per heavy atom. The number of hydrogen-bond acceptors (Lipinski definition) is 3. The standard InChI is InChI=1S/C27H32N4OS/c1-18-16-23(19(2)30(18)20-10-5-4-6-11-20)26-25(24-14-7-8-15-28-24)29-27(33)31(26)21-12-9-13-22(17-21)32-3/h7-9,12-17,20,25-26H,4-6,10-11H2,1-3H3,(H,29,33)/t25-,26-/m1/s1. The molecule has 1 saturated carbocycles. The van der Waals surface area contributed by atoms with Crippen molar-refractivity contribution in [2.75, 3.05) is 12.0 Å². The summed E-state index contributed by atoms with van der Waals surface area (Å²) < 4.78 is 8.10. The van der Waals surface area contributed by atoms with Gasteiger partial charge in [-0.1, -0.05) is 31.4 Å². The van der Waals surface area contributed by atoms with Crippen molar-refractivity contribution in [1.29, 1.82) is 0 Å². The fourth-order valence-electron chi connectivity index (χ4n) is 5.71. The zero-order valence-corrected chi connectivity index (χ0v) is 20.4. The van der Waals surface area contributed by atoms with Crippen molar-refractivity contribution in [1.82, 2.24) is 14.9 Å². The van der Waals surface area contributed by atoms with Crippen molar-refractivity contribution in [3.8, 4) is 5.75 Å². The maximum atomic E-state index is 5.90. The number of nitrogens with one attached hydrogen (secondary N) is 1. The Kier molecular flexibility index (Phi) is 6.11. The summed E-state index contributed by atoms with van der Waals surface area (Å²) >= 11 is 5.90. The van der Waals surface area contributed by atoms with Gasteiger partial charge in [-0.15, -0.1) is 0 Å². The summed E-state index contributed by atoms with van der Waals surface area (Å²) in [6.45, 7) is 4.52. The number of nitrogens with zero attached hydrogens (tertiary/aromatic N) is 3. The van der Waals surface area contributed by atoms with E-state index in [0.29, 0.717) is 11.2 Å². The maximum absolute atomic E-state index is 5.90. The third-order valence-electron chi connectivity index (χ3n) is 7.21. The van der Waals surface area contributed by atoms with Gasteiger partial charge >= 0.3 is 0 Å². The Bertz CT molecular complexity index is 1140. The minimum Gasteiger partial charge on any atom is -0.497 e. The van der Waals surface area contributed by atoms with Gasteiger partial charge < -0.3 is 19.5 Å². The third kappa shape index (κ3) is 4.01. The number of pyridine rings is 1. The molecule has 33 heavy (non-hydrogen) atoms. The molecule has 2 fully saturated rings. The van der Waals surface area contributed by atoms with E-state index in [-0.39, 0.29) is 12.1 Å². The molecule has 1 aliphatic carbocycles. The summed E-state index contributed by atoms with van der Waals surface area (Å²) in [5, 5.41) is 4.30. The molecule has 0 spiro atoms. The minimum absolute atomic E-state index is 0.00282.